The smallest absolute Gasteiger partial charge is 0.303 e. The van der Waals surface area contributed by atoms with Crippen LogP contribution in [0.5, 0.6) is 5.88 Å². The van der Waals surface area contributed by atoms with E-state index in [4.69, 9.17) is 33.7 Å². The van der Waals surface area contributed by atoms with Crippen LogP contribution in [0.25, 0.3) is 11.2 Å². The summed E-state index contributed by atoms with van der Waals surface area (Å²) >= 11 is 0. The standard InChI is InChI=1S/C60H52N6O9/c1-41(67)62-58-63-55-52(56(64-58)71-38-37-43-33-35-50(36-34-43)66(69)70)61-40-65(55)57-54(75-60(47-27-15-6-16-28-47,48-29-17-7-18-30-48)49-31-19-8-20-32-49)53(73-42(2)68)51(74-57)39-72-59(44-21-9-3-10-22-44,45-23-11-4-12-24-45)46-25-13-5-14-26-46/h3-36,40,51,53-54,57H,37-39H2,1-2H3,(H,62,63,64,67)/t51-,53+,54-,57-/m1/s1. The Hall–Kier alpha value is -8.89. The first-order chi connectivity index (χ1) is 36.6. The van der Waals surface area contributed by atoms with Crippen molar-refractivity contribution in [2.24, 2.45) is 0 Å². The van der Waals surface area contributed by atoms with Gasteiger partial charge in [-0.15, -0.1) is 0 Å². The molecule has 1 amide bonds. The van der Waals surface area contributed by atoms with E-state index in [0.717, 1.165) is 38.9 Å². The van der Waals surface area contributed by atoms with Gasteiger partial charge < -0.3 is 23.7 Å². The maximum absolute atomic E-state index is 13.7. The highest BCUT2D eigenvalue weighted by molar-refractivity contribution is 5.88. The van der Waals surface area contributed by atoms with E-state index in [1.807, 2.05) is 182 Å². The lowest BCUT2D eigenvalue weighted by atomic mass is 9.79. The maximum Gasteiger partial charge on any atom is 0.303 e. The number of hydrogen-bond acceptors (Lipinski definition) is 12. The van der Waals surface area contributed by atoms with Crippen LogP contribution in [0.1, 0.15) is 59.0 Å². The van der Waals surface area contributed by atoms with E-state index in [2.05, 4.69) is 10.3 Å². The number of benzene rings is 7. The largest absolute Gasteiger partial charge is 0.476 e. The Balaban J connectivity index is 1.14. The van der Waals surface area contributed by atoms with Gasteiger partial charge in [0.05, 0.1) is 24.5 Å². The van der Waals surface area contributed by atoms with Gasteiger partial charge in [-0.25, -0.2) is 4.98 Å². The molecule has 1 saturated heterocycles. The predicted octanol–water partition coefficient (Wildman–Crippen LogP) is 10.5. The topological polar surface area (TPSA) is 179 Å². The second kappa shape index (κ2) is 22.1. The summed E-state index contributed by atoms with van der Waals surface area (Å²) < 4.78 is 37.0. The van der Waals surface area contributed by atoms with Crippen molar-refractivity contribution >= 4 is 34.7 Å². The summed E-state index contributed by atoms with van der Waals surface area (Å²) in [4.78, 5) is 51.4. The van der Waals surface area contributed by atoms with Crippen LogP contribution in [0.4, 0.5) is 11.6 Å². The molecule has 3 heterocycles. The third-order valence-corrected chi connectivity index (χ3v) is 13.2. The first-order valence-electron chi connectivity index (χ1n) is 24.5. The molecule has 376 valence electrons. The fraction of sp³-hybridized carbons (Fsp3) is 0.183. The van der Waals surface area contributed by atoms with Gasteiger partial charge in [-0.05, 0) is 38.9 Å². The number of carbonyl (C=O) groups excluding carboxylic acids is 2. The molecule has 7 aromatic carbocycles. The number of rotatable bonds is 19. The number of ether oxygens (including phenoxy) is 5. The van der Waals surface area contributed by atoms with Crippen molar-refractivity contribution in [3.63, 3.8) is 0 Å². The molecule has 1 fully saturated rings. The van der Waals surface area contributed by atoms with E-state index in [1.54, 1.807) is 16.7 Å². The molecule has 15 nitrogen and oxygen atoms in total. The molecule has 9 aromatic rings. The number of imidazole rings is 1. The number of nitro groups is 1. The lowest BCUT2D eigenvalue weighted by Gasteiger charge is -2.40. The van der Waals surface area contributed by atoms with Crippen molar-refractivity contribution in [2.45, 2.75) is 56.0 Å². The van der Waals surface area contributed by atoms with Crippen LogP contribution in [0, 0.1) is 10.1 Å². The van der Waals surface area contributed by atoms with Gasteiger partial charge in [0, 0.05) is 32.4 Å². The zero-order valence-corrected chi connectivity index (χ0v) is 41.0. The van der Waals surface area contributed by atoms with Crippen LogP contribution in [0.15, 0.2) is 213 Å². The van der Waals surface area contributed by atoms with Crippen LogP contribution >= 0.6 is 0 Å². The molecule has 2 aromatic heterocycles. The van der Waals surface area contributed by atoms with Crippen molar-refractivity contribution < 1.29 is 38.2 Å². The molecule has 0 radical (unpaired) electrons. The normalized spacial score (nSPS) is 16.6. The van der Waals surface area contributed by atoms with Crippen LogP contribution in [-0.2, 0) is 46.2 Å². The number of fused-ring (bicyclic) bond motifs is 1. The van der Waals surface area contributed by atoms with Gasteiger partial charge in [-0.3, -0.25) is 29.6 Å². The number of amides is 1. The number of aromatic nitrogens is 4. The highest BCUT2D eigenvalue weighted by atomic mass is 16.7. The van der Waals surface area contributed by atoms with E-state index >= 15 is 0 Å². The summed E-state index contributed by atoms with van der Waals surface area (Å²) in [6.45, 7) is 2.66. The molecule has 0 spiro atoms. The lowest BCUT2D eigenvalue weighted by molar-refractivity contribution is -0.384. The number of hydrogen-bond donors (Lipinski definition) is 1. The number of nitrogens with zero attached hydrogens (tertiary/aromatic N) is 5. The molecule has 1 N–H and O–H groups in total. The molecule has 1 aliphatic heterocycles. The minimum atomic E-state index is -1.36. The fourth-order valence-electron chi connectivity index (χ4n) is 9.87. The van der Waals surface area contributed by atoms with Gasteiger partial charge >= 0.3 is 5.97 Å². The summed E-state index contributed by atoms with van der Waals surface area (Å²) in [5.41, 5.74) is 3.58. The van der Waals surface area contributed by atoms with Crippen molar-refractivity contribution in [3.05, 3.63) is 262 Å². The van der Waals surface area contributed by atoms with E-state index in [9.17, 15) is 19.7 Å². The molecular weight excluding hydrogens is 949 g/mol. The molecule has 75 heavy (non-hydrogen) atoms. The van der Waals surface area contributed by atoms with Crippen molar-refractivity contribution in [1.82, 2.24) is 19.5 Å². The minimum absolute atomic E-state index is 0.0275. The Bertz CT molecular complexity index is 3180. The summed E-state index contributed by atoms with van der Waals surface area (Å²) in [6.07, 6.45) is -2.56. The number of non-ortho nitro benzene ring substituents is 1. The summed E-state index contributed by atoms with van der Waals surface area (Å²) in [5.74, 6) is -1.02. The Morgan fingerprint density at radius 2 is 1.11 bits per heavy atom. The third-order valence-electron chi connectivity index (χ3n) is 13.2. The van der Waals surface area contributed by atoms with Gasteiger partial charge in [0.15, 0.2) is 23.5 Å². The van der Waals surface area contributed by atoms with Crippen molar-refractivity contribution in [1.29, 1.82) is 0 Å². The van der Waals surface area contributed by atoms with E-state index < -0.39 is 52.5 Å². The number of esters is 1. The van der Waals surface area contributed by atoms with E-state index in [0.29, 0.717) is 6.42 Å². The molecule has 1 aliphatic rings. The van der Waals surface area contributed by atoms with E-state index in [1.165, 1.54) is 32.3 Å². The zero-order chi connectivity index (χ0) is 51.8. The van der Waals surface area contributed by atoms with Crippen LogP contribution in [-0.4, -0.2) is 67.8 Å². The van der Waals surface area contributed by atoms with Crippen molar-refractivity contribution in [2.75, 3.05) is 18.5 Å². The Kier molecular flexibility index (Phi) is 14.6. The molecule has 0 aliphatic carbocycles. The molecule has 10 rings (SSSR count). The molecule has 0 unspecified atom stereocenters. The third kappa shape index (κ3) is 10.2. The lowest BCUT2D eigenvalue weighted by Crippen LogP contribution is -2.46. The van der Waals surface area contributed by atoms with Gasteiger partial charge in [0.2, 0.25) is 17.7 Å². The summed E-state index contributed by atoms with van der Waals surface area (Å²) in [6, 6.07) is 65.6. The molecule has 4 atom stereocenters. The van der Waals surface area contributed by atoms with Gasteiger partial charge in [0.25, 0.3) is 5.69 Å². The molecule has 15 heteroatoms. The highest BCUT2D eigenvalue weighted by Crippen LogP contribution is 2.48. The average molecular weight is 1000 g/mol. The number of carbonyl (C=O) groups is 2. The number of anilines is 1. The second-order valence-electron chi connectivity index (χ2n) is 18.0. The number of nitro benzene ring substituents is 1. The fourth-order valence-corrected chi connectivity index (χ4v) is 9.87. The van der Waals surface area contributed by atoms with Crippen LogP contribution in [0.3, 0.4) is 0 Å². The predicted molar refractivity (Wildman–Crippen MR) is 281 cm³/mol. The number of nitrogens with one attached hydrogen (secondary N) is 1. The van der Waals surface area contributed by atoms with Crippen LogP contribution in [0.2, 0.25) is 0 Å². The minimum Gasteiger partial charge on any atom is -0.476 e. The van der Waals surface area contributed by atoms with E-state index in [-0.39, 0.29) is 41.9 Å². The average Bonchev–Trinajstić information content (AvgIpc) is 4.02. The van der Waals surface area contributed by atoms with Crippen molar-refractivity contribution in [3.8, 4) is 5.88 Å². The molecular formula is C60H52N6O9. The Morgan fingerprint density at radius 3 is 1.55 bits per heavy atom. The monoisotopic (exact) mass is 1000 g/mol. The SMILES string of the molecule is CC(=O)Nc1nc(OCCc2ccc([N+](=O)[O-])cc2)c2ncn([C@@H]3O[C@H](COC(c4ccccc4)(c4ccccc4)c4ccccc4)[C@H](OC(C)=O)[C@H]3OC(c3ccccc3)(c3ccccc3)c3ccccc3)c2n1. The van der Waals surface area contributed by atoms with Crippen LogP contribution < -0.4 is 10.1 Å². The Labute approximate surface area is 432 Å². The Morgan fingerprint density at radius 1 is 0.640 bits per heavy atom. The van der Waals surface area contributed by atoms with Gasteiger partial charge in [-0.1, -0.05) is 194 Å². The first-order valence-corrected chi connectivity index (χ1v) is 24.5. The summed E-state index contributed by atoms with van der Waals surface area (Å²) in [7, 11) is 0. The summed E-state index contributed by atoms with van der Waals surface area (Å²) in [5, 5.41) is 14.0. The second-order valence-corrected chi connectivity index (χ2v) is 18.0. The van der Waals surface area contributed by atoms with Gasteiger partial charge in [0.1, 0.15) is 23.4 Å². The highest BCUT2D eigenvalue weighted by Gasteiger charge is 2.55. The first kappa shape index (κ1) is 49.7. The quantitative estimate of drug-likeness (QED) is 0.0351. The maximum atomic E-state index is 13.7. The van der Waals surface area contributed by atoms with Gasteiger partial charge in [-0.2, -0.15) is 9.97 Å². The molecule has 0 saturated carbocycles. The molecule has 0 bridgehead atoms. The zero-order valence-electron chi connectivity index (χ0n) is 41.0.